The van der Waals surface area contributed by atoms with E-state index < -0.39 is 12.2 Å². The van der Waals surface area contributed by atoms with Crippen LogP contribution in [0.15, 0.2) is 0 Å². The molecule has 0 radical (unpaired) electrons. The molecule has 0 saturated heterocycles. The quantitative estimate of drug-likeness (QED) is 0.541. The maximum Gasteiger partial charge on any atom is 0.0799 e. The highest BCUT2D eigenvalue weighted by molar-refractivity contribution is 4.66. The van der Waals surface area contributed by atoms with Crippen LogP contribution in [0.4, 0.5) is 0 Å². The van der Waals surface area contributed by atoms with Gasteiger partial charge in [-0.1, -0.05) is 65.7 Å². The van der Waals surface area contributed by atoms with Crippen molar-refractivity contribution in [1.82, 2.24) is 0 Å². The predicted octanol–water partition coefficient (Wildman–Crippen LogP) is 3.90. The molecule has 0 rings (SSSR count). The van der Waals surface area contributed by atoms with E-state index in [1.165, 1.54) is 32.1 Å². The second-order valence-electron chi connectivity index (χ2n) is 5.66. The molecular formula is C15H32O2. The highest BCUT2D eigenvalue weighted by Crippen LogP contribution is 2.14. The Morgan fingerprint density at radius 3 is 1.71 bits per heavy atom. The number of unbranched alkanes of at least 4 members (excludes halogenated alkanes) is 4. The molecule has 0 bridgehead atoms. The van der Waals surface area contributed by atoms with Crippen LogP contribution in [0.5, 0.6) is 0 Å². The lowest BCUT2D eigenvalue weighted by Gasteiger charge is -2.16. The van der Waals surface area contributed by atoms with Crippen molar-refractivity contribution in [2.75, 3.05) is 0 Å². The van der Waals surface area contributed by atoms with Gasteiger partial charge in [0.1, 0.15) is 0 Å². The smallest absolute Gasteiger partial charge is 0.0799 e. The van der Waals surface area contributed by atoms with Crippen LogP contribution >= 0.6 is 0 Å². The van der Waals surface area contributed by atoms with Gasteiger partial charge in [0.2, 0.25) is 0 Å². The Hall–Kier alpha value is -0.0800. The summed E-state index contributed by atoms with van der Waals surface area (Å²) in [5.74, 6) is 0.820. The summed E-state index contributed by atoms with van der Waals surface area (Å²) in [6, 6.07) is 0. The summed E-state index contributed by atoms with van der Waals surface area (Å²) in [5, 5.41) is 19.2. The molecule has 104 valence electrons. The van der Waals surface area contributed by atoms with Crippen molar-refractivity contribution in [3.05, 3.63) is 0 Å². The van der Waals surface area contributed by atoms with Gasteiger partial charge in [-0.15, -0.1) is 0 Å². The summed E-state index contributed by atoms with van der Waals surface area (Å²) >= 11 is 0. The first kappa shape index (κ1) is 16.9. The van der Waals surface area contributed by atoms with E-state index >= 15 is 0 Å². The Bertz CT molecular complexity index is 157. The molecule has 0 aromatic carbocycles. The van der Waals surface area contributed by atoms with E-state index in [2.05, 4.69) is 13.8 Å². The molecule has 2 nitrogen and oxygen atoms in total. The molecule has 2 unspecified atom stereocenters. The van der Waals surface area contributed by atoms with Crippen LogP contribution in [0.1, 0.15) is 78.6 Å². The number of aliphatic hydroxyl groups excluding tert-OH is 2. The Kier molecular flexibility index (Phi) is 11.0. The zero-order valence-corrected chi connectivity index (χ0v) is 12.0. The molecule has 2 heteroatoms. The molecule has 0 aromatic rings. The van der Waals surface area contributed by atoms with Gasteiger partial charge in [0, 0.05) is 0 Å². The first-order valence-electron chi connectivity index (χ1n) is 7.44. The summed E-state index contributed by atoms with van der Waals surface area (Å²) in [6.07, 6.45) is 8.86. The molecule has 0 saturated carbocycles. The second-order valence-corrected chi connectivity index (χ2v) is 5.66. The van der Waals surface area contributed by atoms with Gasteiger partial charge in [-0.05, 0) is 18.8 Å². The Labute approximate surface area is 107 Å². The molecule has 0 heterocycles. The third-order valence-corrected chi connectivity index (χ3v) is 3.31. The van der Waals surface area contributed by atoms with Crippen molar-refractivity contribution in [2.24, 2.45) is 5.92 Å². The molecule has 0 amide bonds. The van der Waals surface area contributed by atoms with Crippen LogP contribution in [-0.2, 0) is 0 Å². The maximum atomic E-state index is 9.67. The van der Waals surface area contributed by atoms with Crippen LogP contribution < -0.4 is 0 Å². The predicted molar refractivity (Wildman–Crippen MR) is 74.1 cm³/mol. The second kappa shape index (κ2) is 11.0. The molecule has 0 aliphatic rings. The van der Waals surface area contributed by atoms with Gasteiger partial charge in [-0.25, -0.2) is 0 Å². The van der Waals surface area contributed by atoms with Crippen LogP contribution in [0.3, 0.4) is 0 Å². The van der Waals surface area contributed by atoms with Crippen molar-refractivity contribution in [1.29, 1.82) is 0 Å². The van der Waals surface area contributed by atoms with Gasteiger partial charge in [-0.2, -0.15) is 0 Å². The number of rotatable bonds is 11. The van der Waals surface area contributed by atoms with Crippen molar-refractivity contribution < 1.29 is 10.2 Å². The fourth-order valence-corrected chi connectivity index (χ4v) is 2.12. The van der Waals surface area contributed by atoms with Crippen LogP contribution in [-0.4, -0.2) is 22.4 Å². The van der Waals surface area contributed by atoms with Gasteiger partial charge in [-0.3, -0.25) is 0 Å². The molecule has 0 fully saturated rings. The molecule has 2 atom stereocenters. The Balaban J connectivity index is 3.27. The molecule has 0 aliphatic heterocycles. The number of aliphatic hydroxyl groups is 2. The molecule has 17 heavy (non-hydrogen) atoms. The van der Waals surface area contributed by atoms with Crippen molar-refractivity contribution in [2.45, 2.75) is 90.8 Å². The fourth-order valence-electron chi connectivity index (χ4n) is 2.12. The van der Waals surface area contributed by atoms with E-state index in [1.54, 1.807) is 0 Å². The summed E-state index contributed by atoms with van der Waals surface area (Å²) in [6.45, 7) is 6.57. The van der Waals surface area contributed by atoms with E-state index in [9.17, 15) is 10.2 Å². The average Bonchev–Trinajstić information content (AvgIpc) is 2.27. The number of hydrogen-bond donors (Lipinski definition) is 2. The molecule has 0 spiro atoms. The van der Waals surface area contributed by atoms with Crippen LogP contribution in [0.2, 0.25) is 0 Å². The lowest BCUT2D eigenvalue weighted by molar-refractivity contribution is 0.00816. The van der Waals surface area contributed by atoms with E-state index in [0.29, 0.717) is 0 Å². The minimum Gasteiger partial charge on any atom is -0.390 e. The summed E-state index contributed by atoms with van der Waals surface area (Å²) in [4.78, 5) is 0. The lowest BCUT2D eigenvalue weighted by atomic mass is 10.0. The molecule has 0 aromatic heterocycles. The Morgan fingerprint density at radius 1 is 0.706 bits per heavy atom. The van der Waals surface area contributed by atoms with Crippen LogP contribution in [0, 0.1) is 5.92 Å². The average molecular weight is 244 g/mol. The summed E-state index contributed by atoms with van der Waals surface area (Å²) in [7, 11) is 0. The van der Waals surface area contributed by atoms with Gasteiger partial charge < -0.3 is 10.2 Å². The number of hydrogen-bond acceptors (Lipinski definition) is 2. The molecule has 0 aliphatic carbocycles. The normalized spacial score (nSPS) is 15.2. The largest absolute Gasteiger partial charge is 0.390 e. The Morgan fingerprint density at radius 2 is 1.18 bits per heavy atom. The first-order chi connectivity index (χ1) is 8.07. The summed E-state index contributed by atoms with van der Waals surface area (Å²) < 4.78 is 0. The van der Waals surface area contributed by atoms with Crippen molar-refractivity contribution >= 4 is 0 Å². The highest BCUT2D eigenvalue weighted by Gasteiger charge is 2.14. The van der Waals surface area contributed by atoms with Crippen LogP contribution in [0.25, 0.3) is 0 Å². The standard InChI is InChI=1S/C15H32O2/c1-4-10-14(16)15(17)12-9-7-5-6-8-11-13(2)3/h13-17H,4-12H2,1-3H3. The summed E-state index contributed by atoms with van der Waals surface area (Å²) in [5.41, 5.74) is 0. The molecule has 2 N–H and O–H groups in total. The first-order valence-corrected chi connectivity index (χ1v) is 7.44. The van der Waals surface area contributed by atoms with Crippen molar-refractivity contribution in [3.8, 4) is 0 Å². The fraction of sp³-hybridized carbons (Fsp3) is 1.00. The molecular weight excluding hydrogens is 212 g/mol. The zero-order valence-electron chi connectivity index (χ0n) is 12.0. The van der Waals surface area contributed by atoms with Gasteiger partial charge in [0.05, 0.1) is 12.2 Å². The third kappa shape index (κ3) is 10.8. The SMILES string of the molecule is CCCC(O)C(O)CCCCCCCC(C)C. The van der Waals surface area contributed by atoms with E-state index in [1.807, 2.05) is 6.92 Å². The van der Waals surface area contributed by atoms with Crippen molar-refractivity contribution in [3.63, 3.8) is 0 Å². The minimum absolute atomic E-state index is 0.509. The third-order valence-electron chi connectivity index (χ3n) is 3.31. The maximum absolute atomic E-state index is 9.67. The lowest BCUT2D eigenvalue weighted by Crippen LogP contribution is -2.25. The minimum atomic E-state index is -0.513. The zero-order chi connectivity index (χ0) is 13.1. The van der Waals surface area contributed by atoms with E-state index in [4.69, 9.17) is 0 Å². The van der Waals surface area contributed by atoms with Gasteiger partial charge >= 0.3 is 0 Å². The van der Waals surface area contributed by atoms with E-state index in [-0.39, 0.29) is 0 Å². The van der Waals surface area contributed by atoms with E-state index in [0.717, 1.165) is 31.6 Å². The highest BCUT2D eigenvalue weighted by atomic mass is 16.3. The topological polar surface area (TPSA) is 40.5 Å². The van der Waals surface area contributed by atoms with Gasteiger partial charge in [0.25, 0.3) is 0 Å². The monoisotopic (exact) mass is 244 g/mol. The van der Waals surface area contributed by atoms with Gasteiger partial charge in [0.15, 0.2) is 0 Å².